The number of likely N-dealkylation sites (N-methyl/N-ethyl adjacent to an activating group) is 1. The van der Waals surface area contributed by atoms with E-state index in [1.54, 1.807) is 0 Å². The lowest BCUT2D eigenvalue weighted by atomic mass is 9.99. The van der Waals surface area contributed by atoms with Gasteiger partial charge in [0.1, 0.15) is 0 Å². The largest absolute Gasteiger partial charge is 0.316 e. The number of rotatable bonds is 5. The first-order valence-corrected chi connectivity index (χ1v) is 7.09. The first kappa shape index (κ1) is 14.4. The molecule has 2 aromatic rings. The molecule has 1 atom stereocenters. The van der Waals surface area contributed by atoms with Crippen LogP contribution in [0.2, 0.25) is 10.0 Å². The van der Waals surface area contributed by atoms with Crippen molar-refractivity contribution in [3.05, 3.63) is 69.7 Å². The minimum absolute atomic E-state index is 0.389. The van der Waals surface area contributed by atoms with Crippen LogP contribution in [0.4, 0.5) is 0 Å². The molecule has 0 aliphatic heterocycles. The van der Waals surface area contributed by atoms with Crippen molar-refractivity contribution >= 4 is 23.2 Å². The molecule has 0 heterocycles. The van der Waals surface area contributed by atoms with Crippen LogP contribution in [0, 0.1) is 0 Å². The Hall–Kier alpha value is -1.02. The van der Waals surface area contributed by atoms with Crippen LogP contribution in [0.5, 0.6) is 0 Å². The van der Waals surface area contributed by atoms with Crippen molar-refractivity contribution in [1.82, 2.24) is 5.32 Å². The highest BCUT2D eigenvalue weighted by Gasteiger charge is 2.09. The topological polar surface area (TPSA) is 12.0 Å². The Bertz CT molecular complexity index is 526. The molecule has 0 saturated heterocycles. The van der Waals surface area contributed by atoms with Crippen LogP contribution in [0.15, 0.2) is 48.5 Å². The van der Waals surface area contributed by atoms with E-state index >= 15 is 0 Å². The molecule has 2 rings (SSSR count). The standard InChI is InChI=1S/C16H17Cl2N/c1-19-14(9-12-5-3-2-4-6-12)10-13-7-8-15(17)16(18)11-13/h2-8,11,14,19H,9-10H2,1H3. The lowest BCUT2D eigenvalue weighted by Gasteiger charge is -2.16. The molecule has 1 N–H and O–H groups in total. The molecule has 0 bridgehead atoms. The first-order chi connectivity index (χ1) is 9.19. The summed E-state index contributed by atoms with van der Waals surface area (Å²) in [6, 6.07) is 16.7. The van der Waals surface area contributed by atoms with Crippen LogP contribution in [0.3, 0.4) is 0 Å². The molecule has 19 heavy (non-hydrogen) atoms. The highest BCUT2D eigenvalue weighted by atomic mass is 35.5. The molecule has 0 radical (unpaired) electrons. The number of hydrogen-bond donors (Lipinski definition) is 1. The van der Waals surface area contributed by atoms with Gasteiger partial charge in [0.25, 0.3) is 0 Å². The molecule has 1 nitrogen and oxygen atoms in total. The van der Waals surface area contributed by atoms with E-state index in [-0.39, 0.29) is 0 Å². The third kappa shape index (κ3) is 4.24. The normalized spacial score (nSPS) is 12.4. The average molecular weight is 294 g/mol. The van der Waals surface area contributed by atoms with Gasteiger partial charge in [0.15, 0.2) is 0 Å². The smallest absolute Gasteiger partial charge is 0.0595 e. The van der Waals surface area contributed by atoms with Gasteiger partial charge in [0.2, 0.25) is 0 Å². The molecule has 0 aromatic heterocycles. The summed E-state index contributed by atoms with van der Waals surface area (Å²) in [7, 11) is 1.99. The van der Waals surface area contributed by atoms with Crippen molar-refractivity contribution in [3.8, 4) is 0 Å². The molecule has 0 aliphatic carbocycles. The van der Waals surface area contributed by atoms with Crippen molar-refractivity contribution < 1.29 is 0 Å². The zero-order valence-electron chi connectivity index (χ0n) is 10.9. The number of benzene rings is 2. The Labute approximate surface area is 124 Å². The number of halogens is 2. The van der Waals surface area contributed by atoms with Crippen LogP contribution in [-0.4, -0.2) is 13.1 Å². The van der Waals surface area contributed by atoms with Crippen molar-refractivity contribution in [3.63, 3.8) is 0 Å². The lowest BCUT2D eigenvalue weighted by Crippen LogP contribution is -2.29. The SMILES string of the molecule is CNC(Cc1ccccc1)Cc1ccc(Cl)c(Cl)c1. The van der Waals surface area contributed by atoms with E-state index in [2.05, 4.69) is 29.6 Å². The molecule has 1 unspecified atom stereocenters. The Kier molecular flexibility index (Phi) is 5.26. The Balaban J connectivity index is 2.04. The fraction of sp³-hybridized carbons (Fsp3) is 0.250. The maximum absolute atomic E-state index is 6.05. The molecule has 0 fully saturated rings. The van der Waals surface area contributed by atoms with E-state index < -0.39 is 0 Å². The predicted octanol–water partition coefficient (Wildman–Crippen LogP) is 4.37. The van der Waals surface area contributed by atoms with Gasteiger partial charge in [-0.3, -0.25) is 0 Å². The van der Waals surface area contributed by atoms with Gasteiger partial charge in [-0.2, -0.15) is 0 Å². The van der Waals surface area contributed by atoms with Crippen LogP contribution in [0.25, 0.3) is 0 Å². The second-order valence-corrected chi connectivity index (χ2v) is 5.44. The molecule has 2 aromatic carbocycles. The predicted molar refractivity (Wildman–Crippen MR) is 83.2 cm³/mol. The van der Waals surface area contributed by atoms with E-state index in [1.807, 2.05) is 31.3 Å². The summed E-state index contributed by atoms with van der Waals surface area (Å²) in [5.41, 5.74) is 2.53. The maximum atomic E-state index is 6.05. The van der Waals surface area contributed by atoms with E-state index in [9.17, 15) is 0 Å². The zero-order valence-corrected chi connectivity index (χ0v) is 12.4. The molecule has 0 amide bonds. The quantitative estimate of drug-likeness (QED) is 0.863. The Morgan fingerprint density at radius 2 is 1.58 bits per heavy atom. The fourth-order valence-electron chi connectivity index (χ4n) is 2.13. The van der Waals surface area contributed by atoms with Gasteiger partial charge in [-0.15, -0.1) is 0 Å². The summed E-state index contributed by atoms with van der Waals surface area (Å²) < 4.78 is 0. The second kappa shape index (κ2) is 6.95. The molecular weight excluding hydrogens is 277 g/mol. The van der Waals surface area contributed by atoms with Crippen molar-refractivity contribution in [2.45, 2.75) is 18.9 Å². The maximum Gasteiger partial charge on any atom is 0.0595 e. The monoisotopic (exact) mass is 293 g/mol. The third-order valence-electron chi connectivity index (χ3n) is 3.20. The van der Waals surface area contributed by atoms with Crippen LogP contribution < -0.4 is 5.32 Å². The van der Waals surface area contributed by atoms with Crippen LogP contribution in [0.1, 0.15) is 11.1 Å². The van der Waals surface area contributed by atoms with Gasteiger partial charge in [0.05, 0.1) is 10.0 Å². The van der Waals surface area contributed by atoms with Crippen molar-refractivity contribution in [1.29, 1.82) is 0 Å². The number of hydrogen-bond acceptors (Lipinski definition) is 1. The summed E-state index contributed by atoms with van der Waals surface area (Å²) in [5.74, 6) is 0. The third-order valence-corrected chi connectivity index (χ3v) is 3.94. The molecule has 100 valence electrons. The van der Waals surface area contributed by atoms with E-state index in [1.165, 1.54) is 11.1 Å². The van der Waals surface area contributed by atoms with Crippen LogP contribution >= 0.6 is 23.2 Å². The summed E-state index contributed by atoms with van der Waals surface area (Å²) in [4.78, 5) is 0. The first-order valence-electron chi connectivity index (χ1n) is 6.34. The fourth-order valence-corrected chi connectivity index (χ4v) is 2.45. The zero-order chi connectivity index (χ0) is 13.7. The second-order valence-electron chi connectivity index (χ2n) is 4.63. The summed E-state index contributed by atoms with van der Waals surface area (Å²) in [6.45, 7) is 0. The lowest BCUT2D eigenvalue weighted by molar-refractivity contribution is 0.556. The molecule has 0 spiro atoms. The van der Waals surface area contributed by atoms with E-state index in [0.29, 0.717) is 16.1 Å². The molecule has 0 aliphatic rings. The summed E-state index contributed by atoms with van der Waals surface area (Å²) >= 11 is 12.0. The van der Waals surface area contributed by atoms with E-state index in [0.717, 1.165) is 12.8 Å². The molecular formula is C16H17Cl2N. The Morgan fingerprint density at radius 1 is 0.895 bits per heavy atom. The highest BCUT2D eigenvalue weighted by molar-refractivity contribution is 6.42. The van der Waals surface area contributed by atoms with Gasteiger partial charge in [-0.25, -0.2) is 0 Å². The molecule has 3 heteroatoms. The summed E-state index contributed by atoms with van der Waals surface area (Å²) in [6.07, 6.45) is 1.93. The van der Waals surface area contributed by atoms with Gasteiger partial charge in [0, 0.05) is 6.04 Å². The summed E-state index contributed by atoms with van der Waals surface area (Å²) in [5, 5.41) is 4.58. The van der Waals surface area contributed by atoms with Crippen molar-refractivity contribution in [2.24, 2.45) is 0 Å². The van der Waals surface area contributed by atoms with Gasteiger partial charge < -0.3 is 5.32 Å². The molecule has 0 saturated carbocycles. The number of nitrogens with one attached hydrogen (secondary N) is 1. The average Bonchev–Trinajstić information content (AvgIpc) is 2.43. The minimum atomic E-state index is 0.389. The van der Waals surface area contributed by atoms with E-state index in [4.69, 9.17) is 23.2 Å². The van der Waals surface area contributed by atoms with Gasteiger partial charge in [-0.05, 0) is 43.1 Å². The van der Waals surface area contributed by atoms with Gasteiger partial charge in [-0.1, -0.05) is 59.6 Å². The minimum Gasteiger partial charge on any atom is -0.316 e. The van der Waals surface area contributed by atoms with Crippen LogP contribution in [-0.2, 0) is 12.8 Å². The highest BCUT2D eigenvalue weighted by Crippen LogP contribution is 2.23. The Morgan fingerprint density at radius 3 is 2.21 bits per heavy atom. The van der Waals surface area contributed by atoms with Gasteiger partial charge >= 0.3 is 0 Å². The van der Waals surface area contributed by atoms with Crippen molar-refractivity contribution in [2.75, 3.05) is 7.05 Å².